The molecule has 2 bridgehead atoms. The van der Waals surface area contributed by atoms with Gasteiger partial charge in [-0.25, -0.2) is 0 Å². The molecule has 3 heteroatoms. The molecule has 2 unspecified atom stereocenters. The van der Waals surface area contributed by atoms with E-state index in [2.05, 4.69) is 65.6 Å². The highest BCUT2D eigenvalue weighted by atomic mass is 16.5. The Morgan fingerprint density at radius 2 is 1.73 bits per heavy atom. The molecule has 2 fully saturated rings. The van der Waals surface area contributed by atoms with Gasteiger partial charge in [-0.15, -0.1) is 0 Å². The molecular formula is C27H29NO2. The Morgan fingerprint density at radius 3 is 2.43 bits per heavy atom. The summed E-state index contributed by atoms with van der Waals surface area (Å²) in [5.74, 6) is 3.55. The second-order valence-electron chi connectivity index (χ2n) is 8.76. The quantitative estimate of drug-likeness (QED) is 0.486. The summed E-state index contributed by atoms with van der Waals surface area (Å²) < 4.78 is 12.2. The van der Waals surface area contributed by atoms with Crippen LogP contribution in [0.4, 0.5) is 0 Å². The van der Waals surface area contributed by atoms with Gasteiger partial charge in [-0.2, -0.15) is 0 Å². The van der Waals surface area contributed by atoms with E-state index >= 15 is 0 Å². The highest BCUT2D eigenvalue weighted by Gasteiger charge is 2.41. The van der Waals surface area contributed by atoms with Crippen molar-refractivity contribution in [1.82, 2.24) is 4.98 Å². The lowest BCUT2D eigenvalue weighted by atomic mass is 9.86. The summed E-state index contributed by atoms with van der Waals surface area (Å²) >= 11 is 0. The zero-order chi connectivity index (χ0) is 20.3. The first kappa shape index (κ1) is 19.2. The number of benzene rings is 2. The first-order chi connectivity index (χ1) is 14.8. The lowest BCUT2D eigenvalue weighted by Gasteiger charge is -2.25. The molecule has 0 saturated heterocycles. The monoisotopic (exact) mass is 399 g/mol. The van der Waals surface area contributed by atoms with Gasteiger partial charge in [-0.05, 0) is 84.9 Å². The summed E-state index contributed by atoms with van der Waals surface area (Å²) in [6, 6.07) is 21.4. The van der Waals surface area contributed by atoms with Crippen LogP contribution >= 0.6 is 0 Å². The van der Waals surface area contributed by atoms with Crippen molar-refractivity contribution in [1.29, 1.82) is 0 Å². The number of methoxy groups -OCH3 is 1. The zero-order valence-electron chi connectivity index (χ0n) is 17.5. The number of aromatic nitrogens is 1. The Bertz CT molecular complexity index is 973. The molecule has 3 aromatic rings. The standard InChI is InChI=1S/C27H29NO2/c1-29-25-10-9-22(18-27(25)30-26-17-20-7-8-23(26)15-20)24(21-5-3-2-4-6-21)16-19-11-13-28-14-12-19/h2-6,9-14,18,20,23-24,26H,7-8,15-17H2,1H3/t20?,23-,24?,26+/m0/s1. The van der Waals surface area contributed by atoms with Gasteiger partial charge in [-0.1, -0.05) is 36.4 Å². The number of pyridine rings is 1. The van der Waals surface area contributed by atoms with Gasteiger partial charge in [0.25, 0.3) is 0 Å². The van der Waals surface area contributed by atoms with Crippen molar-refractivity contribution >= 4 is 0 Å². The van der Waals surface area contributed by atoms with Gasteiger partial charge in [-0.3, -0.25) is 4.98 Å². The van der Waals surface area contributed by atoms with Gasteiger partial charge in [0, 0.05) is 18.3 Å². The molecule has 0 aliphatic heterocycles. The predicted molar refractivity (Wildman–Crippen MR) is 119 cm³/mol. The van der Waals surface area contributed by atoms with Gasteiger partial charge in [0.15, 0.2) is 11.5 Å². The Labute approximate surface area is 179 Å². The predicted octanol–water partition coefficient (Wildman–Crippen LogP) is 6.03. The van der Waals surface area contributed by atoms with Crippen LogP contribution in [0.25, 0.3) is 0 Å². The number of nitrogens with zero attached hydrogens (tertiary/aromatic N) is 1. The topological polar surface area (TPSA) is 31.4 Å². The third-order valence-corrected chi connectivity index (χ3v) is 6.93. The largest absolute Gasteiger partial charge is 0.493 e. The molecular weight excluding hydrogens is 370 g/mol. The van der Waals surface area contributed by atoms with E-state index in [1.807, 2.05) is 12.4 Å². The molecule has 2 aromatic carbocycles. The van der Waals surface area contributed by atoms with Crippen LogP contribution in [0.15, 0.2) is 73.1 Å². The molecule has 0 spiro atoms. The highest BCUT2D eigenvalue weighted by Crippen LogP contribution is 2.47. The van der Waals surface area contributed by atoms with Gasteiger partial charge in [0.05, 0.1) is 7.11 Å². The molecule has 1 aromatic heterocycles. The fraction of sp³-hybridized carbons (Fsp3) is 0.370. The normalized spacial score (nSPS) is 23.3. The molecule has 2 aliphatic carbocycles. The maximum Gasteiger partial charge on any atom is 0.161 e. The number of hydrogen-bond donors (Lipinski definition) is 0. The SMILES string of the molecule is COc1ccc(C(Cc2ccncc2)c2ccccc2)cc1O[C@@H]1CC2CC[C@H]1C2. The maximum absolute atomic E-state index is 6.57. The van der Waals surface area contributed by atoms with Crippen molar-refractivity contribution in [2.45, 2.75) is 44.1 Å². The molecule has 0 radical (unpaired) electrons. The number of ether oxygens (including phenoxy) is 2. The summed E-state index contributed by atoms with van der Waals surface area (Å²) in [5, 5.41) is 0. The smallest absolute Gasteiger partial charge is 0.161 e. The number of fused-ring (bicyclic) bond motifs is 2. The summed E-state index contributed by atoms with van der Waals surface area (Å²) in [6.45, 7) is 0. The Hall–Kier alpha value is -2.81. The lowest BCUT2D eigenvalue weighted by molar-refractivity contribution is 0.133. The van der Waals surface area contributed by atoms with Gasteiger partial charge in [0.2, 0.25) is 0 Å². The first-order valence-corrected chi connectivity index (χ1v) is 11.1. The summed E-state index contributed by atoms with van der Waals surface area (Å²) in [6.07, 6.45) is 10.2. The van der Waals surface area contributed by atoms with E-state index in [9.17, 15) is 0 Å². The van der Waals surface area contributed by atoms with Crippen molar-refractivity contribution in [3.05, 3.63) is 89.7 Å². The average molecular weight is 400 g/mol. The third kappa shape index (κ3) is 3.94. The molecule has 2 aliphatic rings. The van der Waals surface area contributed by atoms with Gasteiger partial charge in [0.1, 0.15) is 6.10 Å². The van der Waals surface area contributed by atoms with Crippen LogP contribution in [0.5, 0.6) is 11.5 Å². The highest BCUT2D eigenvalue weighted by molar-refractivity contribution is 5.47. The van der Waals surface area contributed by atoms with E-state index in [-0.39, 0.29) is 5.92 Å². The van der Waals surface area contributed by atoms with Crippen LogP contribution in [0.2, 0.25) is 0 Å². The summed E-state index contributed by atoms with van der Waals surface area (Å²) in [5.41, 5.74) is 3.85. The fourth-order valence-electron chi connectivity index (χ4n) is 5.36. The molecule has 0 amide bonds. The molecule has 4 atom stereocenters. The Balaban J connectivity index is 1.47. The van der Waals surface area contributed by atoms with Crippen molar-refractivity contribution in [3.63, 3.8) is 0 Å². The van der Waals surface area contributed by atoms with Crippen LogP contribution in [0, 0.1) is 11.8 Å². The molecule has 0 N–H and O–H groups in total. The van der Waals surface area contributed by atoms with Crippen LogP contribution in [-0.2, 0) is 6.42 Å². The van der Waals surface area contributed by atoms with Crippen LogP contribution in [-0.4, -0.2) is 18.2 Å². The van der Waals surface area contributed by atoms with Gasteiger partial charge < -0.3 is 9.47 Å². The van der Waals surface area contributed by atoms with Crippen molar-refractivity contribution in [3.8, 4) is 11.5 Å². The maximum atomic E-state index is 6.57. The van der Waals surface area contributed by atoms with Crippen LogP contribution < -0.4 is 9.47 Å². The summed E-state index contributed by atoms with van der Waals surface area (Å²) in [4.78, 5) is 4.17. The van der Waals surface area contributed by atoms with E-state index in [4.69, 9.17) is 9.47 Å². The number of hydrogen-bond acceptors (Lipinski definition) is 3. The molecule has 3 nitrogen and oxygen atoms in total. The fourth-order valence-corrected chi connectivity index (χ4v) is 5.36. The zero-order valence-corrected chi connectivity index (χ0v) is 17.5. The Morgan fingerprint density at radius 1 is 0.900 bits per heavy atom. The van der Waals surface area contributed by atoms with Crippen molar-refractivity contribution in [2.75, 3.05) is 7.11 Å². The molecule has 154 valence electrons. The minimum absolute atomic E-state index is 0.252. The van der Waals surface area contributed by atoms with Gasteiger partial charge >= 0.3 is 0 Å². The molecule has 1 heterocycles. The summed E-state index contributed by atoms with van der Waals surface area (Å²) in [7, 11) is 1.73. The van der Waals surface area contributed by atoms with Crippen LogP contribution in [0.3, 0.4) is 0 Å². The molecule has 2 saturated carbocycles. The van der Waals surface area contributed by atoms with E-state index in [0.29, 0.717) is 12.0 Å². The van der Waals surface area contributed by atoms with Crippen molar-refractivity contribution in [2.24, 2.45) is 11.8 Å². The number of rotatable bonds is 7. The van der Waals surface area contributed by atoms with E-state index in [0.717, 1.165) is 23.8 Å². The first-order valence-electron chi connectivity index (χ1n) is 11.1. The van der Waals surface area contributed by atoms with E-state index in [1.165, 1.54) is 42.4 Å². The second-order valence-corrected chi connectivity index (χ2v) is 8.76. The van der Waals surface area contributed by atoms with Crippen molar-refractivity contribution < 1.29 is 9.47 Å². The average Bonchev–Trinajstić information content (AvgIpc) is 3.42. The van der Waals surface area contributed by atoms with E-state index < -0.39 is 0 Å². The third-order valence-electron chi connectivity index (χ3n) is 6.93. The lowest BCUT2D eigenvalue weighted by Crippen LogP contribution is -2.23. The molecule has 5 rings (SSSR count). The second kappa shape index (κ2) is 8.51. The minimum Gasteiger partial charge on any atom is -0.493 e. The Kier molecular flexibility index (Phi) is 5.44. The van der Waals surface area contributed by atoms with Crippen LogP contribution in [0.1, 0.15) is 48.3 Å². The molecule has 30 heavy (non-hydrogen) atoms. The minimum atomic E-state index is 0.252. The van der Waals surface area contributed by atoms with E-state index in [1.54, 1.807) is 7.11 Å².